The molecule has 4 aromatic rings. The number of hydrogen-bond acceptors (Lipinski definition) is 7. The summed E-state index contributed by atoms with van der Waals surface area (Å²) in [6.07, 6.45) is 1.65. The minimum atomic E-state index is -3.21. The van der Waals surface area contributed by atoms with Crippen molar-refractivity contribution in [2.24, 2.45) is 5.92 Å². The molecule has 0 aromatic heterocycles. The van der Waals surface area contributed by atoms with Gasteiger partial charge in [0.25, 0.3) is 0 Å². The molecular weight excluding hydrogens is 752 g/mol. The summed E-state index contributed by atoms with van der Waals surface area (Å²) in [6.45, 7) is 16.7. The molecule has 0 radical (unpaired) electrons. The van der Waals surface area contributed by atoms with Gasteiger partial charge in [-0.05, 0) is 65.2 Å². The van der Waals surface area contributed by atoms with Crippen LogP contribution in [-0.4, -0.2) is 67.7 Å². The molecule has 298 valence electrons. The van der Waals surface area contributed by atoms with Gasteiger partial charge >= 0.3 is 12.1 Å². The predicted octanol–water partition coefficient (Wildman–Crippen LogP) is 8.08. The second-order valence-electron chi connectivity index (χ2n) is 15.5. The molecule has 57 heavy (non-hydrogen) atoms. The first kappa shape index (κ1) is 42.9. The fourth-order valence-corrected chi connectivity index (χ4v) is 12.8. The van der Waals surface area contributed by atoms with Gasteiger partial charge in [-0.3, -0.25) is 14.9 Å². The number of carbonyl (C=O) groups excluding carboxylic acids is 4. The van der Waals surface area contributed by atoms with Crippen molar-refractivity contribution in [3.05, 3.63) is 146 Å². The molecule has 1 aliphatic heterocycles. The number of Topliss-reactive ketones (excluding diaryl/α,β-unsaturated/α-hetero) is 1. The average Bonchev–Trinajstić information content (AvgIpc) is 3.19. The lowest BCUT2D eigenvalue weighted by atomic mass is 9.79. The van der Waals surface area contributed by atoms with Crippen molar-refractivity contribution >= 4 is 66.0 Å². The number of nitrogens with one attached hydrogen (secondary N) is 1. The van der Waals surface area contributed by atoms with E-state index in [2.05, 4.69) is 52.3 Å². The van der Waals surface area contributed by atoms with Gasteiger partial charge in [0, 0.05) is 24.6 Å². The smallest absolute Gasteiger partial charge is 0.411 e. The maximum absolute atomic E-state index is 15.1. The molecule has 1 fully saturated rings. The van der Waals surface area contributed by atoms with E-state index in [9.17, 15) is 14.4 Å². The zero-order chi connectivity index (χ0) is 41.4. The topological polar surface area (TPSA) is 111 Å². The lowest BCUT2D eigenvalue weighted by Crippen LogP contribution is -2.69. The van der Waals surface area contributed by atoms with E-state index < -0.39 is 45.3 Å². The molecule has 0 saturated carbocycles. The van der Waals surface area contributed by atoms with E-state index in [1.807, 2.05) is 97.9 Å². The standard InChI is InChI=1S/C46H53N2O7PSi/c1-9-30-53-44(51)43(56(36-20-14-11-15-21-36,37-22-16-12-17-23-37)38-24-18-13-19-25-38)48-39(41(42(48)50)33(3)55-57(7,8)46(4,5)6)32-40(49)34-26-28-35(29-27-34)47-45(52)54-31-10-2/h9-29,33,39,41H,1-2,30-32H2,3-8H3,(H,47,52)/t33-,39-,41-/m1/s1. The van der Waals surface area contributed by atoms with Crippen LogP contribution < -0.4 is 21.2 Å². The molecule has 2 amide bonds. The molecule has 0 spiro atoms. The number of benzene rings is 4. The van der Waals surface area contributed by atoms with E-state index in [4.69, 9.17) is 13.9 Å². The molecule has 0 bridgehead atoms. The van der Waals surface area contributed by atoms with Gasteiger partial charge in [-0.15, -0.1) is 0 Å². The molecule has 1 aliphatic rings. The molecule has 0 unspecified atom stereocenters. The van der Waals surface area contributed by atoms with Crippen LogP contribution in [0, 0.1) is 5.92 Å². The van der Waals surface area contributed by atoms with Gasteiger partial charge in [0.1, 0.15) is 18.6 Å². The minimum absolute atomic E-state index is 0.0558. The van der Waals surface area contributed by atoms with Crippen LogP contribution in [0.2, 0.25) is 18.1 Å². The van der Waals surface area contributed by atoms with Crippen LogP contribution >= 0.6 is 6.89 Å². The van der Waals surface area contributed by atoms with Crippen molar-refractivity contribution in [3.63, 3.8) is 0 Å². The number of esters is 1. The number of hydrogen-bond donors (Lipinski definition) is 1. The highest BCUT2D eigenvalue weighted by Gasteiger charge is 2.57. The van der Waals surface area contributed by atoms with Crippen LogP contribution in [0.5, 0.6) is 0 Å². The SMILES string of the molecule is C=CCOC(=O)Nc1ccc(C(=O)C[C@@H]2[C@@H]([C@@H](C)O[Si](C)(C)C(C)(C)C)C(=O)N2C(C(=O)OCC=C)=P(c2ccccc2)(c2ccccc2)c2ccccc2)cc1. The third-order valence-electron chi connectivity index (χ3n) is 10.7. The predicted molar refractivity (Wildman–Crippen MR) is 234 cm³/mol. The Morgan fingerprint density at radius 2 is 1.26 bits per heavy atom. The number of nitrogens with zero attached hydrogens (tertiary/aromatic N) is 1. The third-order valence-corrected chi connectivity index (χ3v) is 19.6. The molecule has 4 aromatic carbocycles. The number of ketones is 1. The monoisotopic (exact) mass is 804 g/mol. The molecular formula is C46H53N2O7PSi. The lowest BCUT2D eigenvalue weighted by Gasteiger charge is -2.53. The van der Waals surface area contributed by atoms with Gasteiger partial charge in [-0.1, -0.05) is 137 Å². The first-order valence-electron chi connectivity index (χ1n) is 19.1. The van der Waals surface area contributed by atoms with Crippen LogP contribution in [0.1, 0.15) is 44.5 Å². The van der Waals surface area contributed by atoms with Crippen LogP contribution in [0.3, 0.4) is 0 Å². The molecule has 5 rings (SSSR count). The van der Waals surface area contributed by atoms with Crippen molar-refractivity contribution in [3.8, 4) is 0 Å². The number of anilines is 1. The third kappa shape index (κ3) is 9.15. The molecule has 3 atom stereocenters. The summed E-state index contributed by atoms with van der Waals surface area (Å²) >= 11 is 0. The van der Waals surface area contributed by atoms with Crippen molar-refractivity contribution < 1.29 is 33.1 Å². The Kier molecular flexibility index (Phi) is 13.8. The van der Waals surface area contributed by atoms with E-state index >= 15 is 4.79 Å². The van der Waals surface area contributed by atoms with Gasteiger partial charge in [0.05, 0.1) is 18.1 Å². The molecule has 0 aliphatic carbocycles. The first-order valence-corrected chi connectivity index (χ1v) is 23.8. The number of carbonyl (C=O) groups is 4. The Labute approximate surface area is 337 Å². The van der Waals surface area contributed by atoms with Gasteiger partial charge < -0.3 is 18.8 Å². The molecule has 1 saturated heterocycles. The molecule has 11 heteroatoms. The Morgan fingerprint density at radius 1 is 0.789 bits per heavy atom. The summed E-state index contributed by atoms with van der Waals surface area (Å²) in [5.74, 6) is -1.96. The van der Waals surface area contributed by atoms with Gasteiger partial charge in [-0.2, -0.15) is 0 Å². The zero-order valence-electron chi connectivity index (χ0n) is 33.6. The number of β-lactam (4-membered cyclic amide) rings is 1. The van der Waals surface area contributed by atoms with E-state index in [1.165, 1.54) is 12.2 Å². The van der Waals surface area contributed by atoms with E-state index in [-0.39, 0.29) is 41.8 Å². The summed E-state index contributed by atoms with van der Waals surface area (Å²) in [4.78, 5) is 58.1. The fraction of sp³-hybridized carbons (Fsp3) is 0.283. The summed E-state index contributed by atoms with van der Waals surface area (Å²) in [5.41, 5.74) is 1.00. The van der Waals surface area contributed by atoms with E-state index in [1.54, 1.807) is 29.2 Å². The van der Waals surface area contributed by atoms with Crippen LogP contribution in [0.25, 0.3) is 0 Å². The molecule has 1 heterocycles. The number of amides is 2. The summed E-state index contributed by atoms with van der Waals surface area (Å²) in [6, 6.07) is 35.0. The first-order chi connectivity index (χ1) is 27.2. The highest BCUT2D eigenvalue weighted by atomic mass is 31.2. The second-order valence-corrected chi connectivity index (χ2v) is 23.6. The number of likely N-dealkylation sites (tertiary alicyclic amines) is 1. The maximum Gasteiger partial charge on any atom is 0.411 e. The molecule has 9 nitrogen and oxygen atoms in total. The van der Waals surface area contributed by atoms with Crippen LogP contribution in [-0.2, 0) is 23.5 Å². The highest BCUT2D eigenvalue weighted by molar-refractivity contribution is 7.96. The summed E-state index contributed by atoms with van der Waals surface area (Å²) in [7, 11) is -2.40. The van der Waals surface area contributed by atoms with Crippen molar-refractivity contribution in [1.29, 1.82) is 0 Å². The summed E-state index contributed by atoms with van der Waals surface area (Å²) < 4.78 is 17.8. The Balaban J connectivity index is 1.74. The fourth-order valence-electron chi connectivity index (χ4n) is 6.98. The van der Waals surface area contributed by atoms with E-state index in [0.29, 0.717) is 11.3 Å². The van der Waals surface area contributed by atoms with Gasteiger partial charge in [-0.25, -0.2) is 9.59 Å². The quantitative estimate of drug-likeness (QED) is 0.0305. The van der Waals surface area contributed by atoms with Crippen molar-refractivity contribution in [2.45, 2.75) is 64.4 Å². The largest absolute Gasteiger partial charge is 0.457 e. The summed E-state index contributed by atoms with van der Waals surface area (Å²) in [5, 5.41) is 5.02. The van der Waals surface area contributed by atoms with Gasteiger partial charge in [0.2, 0.25) is 5.91 Å². The Hall–Kier alpha value is -5.28. The number of rotatable bonds is 16. The average molecular weight is 805 g/mol. The normalized spacial score (nSPS) is 16.1. The highest BCUT2D eigenvalue weighted by Crippen LogP contribution is 2.50. The van der Waals surface area contributed by atoms with Crippen LogP contribution in [0.4, 0.5) is 10.5 Å². The van der Waals surface area contributed by atoms with Gasteiger partial charge in [0.15, 0.2) is 14.1 Å². The Morgan fingerprint density at radius 3 is 1.72 bits per heavy atom. The maximum atomic E-state index is 15.1. The Bertz CT molecular complexity index is 2030. The second kappa shape index (κ2) is 18.3. The lowest BCUT2D eigenvalue weighted by molar-refractivity contribution is -0.156. The van der Waals surface area contributed by atoms with E-state index in [0.717, 1.165) is 15.9 Å². The molecule has 1 N–H and O–H groups in total. The minimum Gasteiger partial charge on any atom is -0.457 e. The zero-order valence-corrected chi connectivity index (χ0v) is 35.5. The van der Waals surface area contributed by atoms with Crippen molar-refractivity contribution in [1.82, 2.24) is 4.90 Å². The number of ether oxygens (including phenoxy) is 2. The van der Waals surface area contributed by atoms with Crippen molar-refractivity contribution in [2.75, 3.05) is 18.5 Å². The van der Waals surface area contributed by atoms with Crippen LogP contribution in [0.15, 0.2) is 141 Å².